The highest BCUT2D eigenvalue weighted by Crippen LogP contribution is 2.35. The van der Waals surface area contributed by atoms with Crippen LogP contribution in [0.15, 0.2) is 72.8 Å². The Balaban J connectivity index is 1.52. The first-order valence-electron chi connectivity index (χ1n) is 8.61. The summed E-state index contributed by atoms with van der Waals surface area (Å²) in [4.78, 5) is 9.31. The highest BCUT2D eigenvalue weighted by atomic mass is 16.7. The van der Waals surface area contributed by atoms with E-state index in [4.69, 9.17) is 9.47 Å². The van der Waals surface area contributed by atoms with Crippen LogP contribution in [0.25, 0.3) is 10.9 Å². The van der Waals surface area contributed by atoms with Gasteiger partial charge in [0.15, 0.2) is 11.5 Å². The summed E-state index contributed by atoms with van der Waals surface area (Å²) in [6, 6.07) is 23.5. The molecule has 0 fully saturated rings. The van der Waals surface area contributed by atoms with Crippen molar-refractivity contribution in [2.75, 3.05) is 17.4 Å². The van der Waals surface area contributed by atoms with Gasteiger partial charge in [-0.25, -0.2) is 4.98 Å². The Kier molecular flexibility index (Phi) is 3.72. The summed E-state index contributed by atoms with van der Waals surface area (Å²) < 4.78 is 10.8. The molecule has 2 N–H and O–H groups in total. The third kappa shape index (κ3) is 3.08. The Morgan fingerprint density at radius 1 is 0.704 bits per heavy atom. The minimum absolute atomic E-state index is 0.246. The number of aromatic nitrogens is 2. The van der Waals surface area contributed by atoms with Crippen molar-refractivity contribution >= 4 is 34.0 Å². The predicted molar refractivity (Wildman–Crippen MR) is 105 cm³/mol. The van der Waals surface area contributed by atoms with Crippen LogP contribution >= 0.6 is 0 Å². The summed E-state index contributed by atoms with van der Waals surface area (Å²) >= 11 is 0. The summed E-state index contributed by atoms with van der Waals surface area (Å²) in [6.07, 6.45) is 0. The van der Waals surface area contributed by atoms with E-state index in [9.17, 15) is 0 Å². The zero-order valence-corrected chi connectivity index (χ0v) is 14.3. The topological polar surface area (TPSA) is 68.3 Å². The molecule has 0 saturated heterocycles. The number of fused-ring (bicyclic) bond motifs is 2. The fourth-order valence-corrected chi connectivity index (χ4v) is 2.99. The highest BCUT2D eigenvalue weighted by molar-refractivity contribution is 5.92. The number of anilines is 4. The number of rotatable bonds is 4. The second-order valence-electron chi connectivity index (χ2n) is 6.10. The Morgan fingerprint density at radius 2 is 1.52 bits per heavy atom. The van der Waals surface area contributed by atoms with Crippen LogP contribution in [0.3, 0.4) is 0 Å². The van der Waals surface area contributed by atoms with Gasteiger partial charge in [0.2, 0.25) is 12.7 Å². The molecule has 1 aliphatic heterocycles. The SMILES string of the molecule is c1ccc(Nc2nc(Nc3ccc4c(c3)OCO4)nc3ccccc23)cc1. The van der Waals surface area contributed by atoms with Crippen molar-refractivity contribution in [3.05, 3.63) is 72.8 Å². The molecule has 4 aromatic rings. The van der Waals surface area contributed by atoms with E-state index in [0.29, 0.717) is 11.7 Å². The molecule has 0 atom stereocenters. The maximum atomic E-state index is 5.43. The van der Waals surface area contributed by atoms with Crippen molar-refractivity contribution in [3.63, 3.8) is 0 Å². The molecule has 132 valence electrons. The third-order valence-corrected chi connectivity index (χ3v) is 4.27. The van der Waals surface area contributed by atoms with Gasteiger partial charge < -0.3 is 20.1 Å². The van der Waals surface area contributed by atoms with Crippen molar-refractivity contribution in [1.82, 2.24) is 9.97 Å². The lowest BCUT2D eigenvalue weighted by atomic mass is 10.2. The van der Waals surface area contributed by atoms with Crippen molar-refractivity contribution in [2.45, 2.75) is 0 Å². The van der Waals surface area contributed by atoms with Gasteiger partial charge >= 0.3 is 0 Å². The molecular weight excluding hydrogens is 340 g/mol. The lowest BCUT2D eigenvalue weighted by molar-refractivity contribution is 0.174. The molecule has 0 radical (unpaired) electrons. The molecule has 6 nitrogen and oxygen atoms in total. The lowest BCUT2D eigenvalue weighted by Crippen LogP contribution is -2.02. The zero-order chi connectivity index (χ0) is 18.1. The molecular formula is C21H16N4O2. The van der Waals surface area contributed by atoms with Gasteiger partial charge in [-0.1, -0.05) is 30.3 Å². The fraction of sp³-hybridized carbons (Fsp3) is 0.0476. The van der Waals surface area contributed by atoms with E-state index in [1.54, 1.807) is 0 Å². The minimum atomic E-state index is 0.246. The largest absolute Gasteiger partial charge is 0.454 e. The minimum Gasteiger partial charge on any atom is -0.454 e. The van der Waals surface area contributed by atoms with Gasteiger partial charge in [-0.2, -0.15) is 4.98 Å². The van der Waals surface area contributed by atoms with Gasteiger partial charge in [0.1, 0.15) is 5.82 Å². The van der Waals surface area contributed by atoms with Crippen LogP contribution in [0.5, 0.6) is 11.5 Å². The van der Waals surface area contributed by atoms with E-state index in [1.807, 2.05) is 72.8 Å². The molecule has 27 heavy (non-hydrogen) atoms. The van der Waals surface area contributed by atoms with Crippen LogP contribution in [0.1, 0.15) is 0 Å². The quantitative estimate of drug-likeness (QED) is 0.545. The van der Waals surface area contributed by atoms with Crippen molar-refractivity contribution in [2.24, 2.45) is 0 Å². The molecule has 3 aromatic carbocycles. The van der Waals surface area contributed by atoms with Crippen molar-refractivity contribution < 1.29 is 9.47 Å². The second kappa shape index (κ2) is 6.49. The first kappa shape index (κ1) is 15.5. The molecule has 1 aliphatic rings. The van der Waals surface area contributed by atoms with Gasteiger partial charge in [0.25, 0.3) is 0 Å². The molecule has 2 heterocycles. The smallest absolute Gasteiger partial charge is 0.231 e. The average Bonchev–Trinajstić information content (AvgIpc) is 3.17. The normalized spacial score (nSPS) is 12.1. The highest BCUT2D eigenvalue weighted by Gasteiger charge is 2.14. The van der Waals surface area contributed by atoms with Gasteiger partial charge in [-0.05, 0) is 36.4 Å². The molecule has 1 aromatic heterocycles. The maximum absolute atomic E-state index is 5.43. The summed E-state index contributed by atoms with van der Waals surface area (Å²) in [5.41, 5.74) is 2.66. The number of hydrogen-bond acceptors (Lipinski definition) is 6. The number of nitrogens with one attached hydrogen (secondary N) is 2. The number of para-hydroxylation sites is 2. The van der Waals surface area contributed by atoms with Crippen LogP contribution in [-0.4, -0.2) is 16.8 Å². The van der Waals surface area contributed by atoms with E-state index in [-0.39, 0.29) is 6.79 Å². The van der Waals surface area contributed by atoms with E-state index in [1.165, 1.54) is 0 Å². The molecule has 0 saturated carbocycles. The number of hydrogen-bond donors (Lipinski definition) is 2. The van der Waals surface area contributed by atoms with Crippen molar-refractivity contribution in [1.29, 1.82) is 0 Å². The van der Waals surface area contributed by atoms with E-state index in [2.05, 4.69) is 20.6 Å². The van der Waals surface area contributed by atoms with Gasteiger partial charge in [-0.15, -0.1) is 0 Å². The Labute approximate surface area is 155 Å². The number of nitrogens with zero attached hydrogens (tertiary/aromatic N) is 2. The monoisotopic (exact) mass is 356 g/mol. The average molecular weight is 356 g/mol. The molecule has 0 aliphatic carbocycles. The van der Waals surface area contributed by atoms with Gasteiger partial charge in [0.05, 0.1) is 5.52 Å². The Bertz CT molecular complexity index is 1120. The van der Waals surface area contributed by atoms with Crippen LogP contribution in [0, 0.1) is 0 Å². The summed E-state index contributed by atoms with van der Waals surface area (Å²) in [7, 11) is 0. The van der Waals surface area contributed by atoms with Crippen LogP contribution in [0.4, 0.5) is 23.1 Å². The maximum Gasteiger partial charge on any atom is 0.231 e. The van der Waals surface area contributed by atoms with Crippen LogP contribution in [-0.2, 0) is 0 Å². The molecule has 0 bridgehead atoms. The van der Waals surface area contributed by atoms with Crippen LogP contribution < -0.4 is 20.1 Å². The van der Waals surface area contributed by atoms with E-state index >= 15 is 0 Å². The summed E-state index contributed by atoms with van der Waals surface area (Å²) in [5.74, 6) is 2.70. The van der Waals surface area contributed by atoms with Crippen molar-refractivity contribution in [3.8, 4) is 11.5 Å². The standard InChI is InChI=1S/C21H16N4O2/c1-2-6-14(7-3-1)22-20-16-8-4-5-9-17(16)24-21(25-20)23-15-10-11-18-19(12-15)27-13-26-18/h1-12H,13H2,(H2,22,23,24,25). The fourth-order valence-electron chi connectivity index (χ4n) is 2.99. The molecule has 0 amide bonds. The molecule has 5 rings (SSSR count). The summed E-state index contributed by atoms with van der Waals surface area (Å²) in [5, 5.41) is 7.59. The molecule has 6 heteroatoms. The number of ether oxygens (including phenoxy) is 2. The lowest BCUT2D eigenvalue weighted by Gasteiger charge is -2.12. The van der Waals surface area contributed by atoms with E-state index in [0.717, 1.165) is 33.8 Å². The Morgan fingerprint density at radius 3 is 2.44 bits per heavy atom. The predicted octanol–water partition coefficient (Wildman–Crippen LogP) is 4.85. The molecule has 0 unspecified atom stereocenters. The second-order valence-corrected chi connectivity index (χ2v) is 6.10. The number of benzene rings is 3. The first-order valence-corrected chi connectivity index (χ1v) is 8.61. The third-order valence-electron chi connectivity index (χ3n) is 4.27. The van der Waals surface area contributed by atoms with E-state index < -0.39 is 0 Å². The van der Waals surface area contributed by atoms with Gasteiger partial charge in [0, 0.05) is 22.8 Å². The van der Waals surface area contributed by atoms with Crippen LogP contribution in [0.2, 0.25) is 0 Å². The first-order chi connectivity index (χ1) is 13.3. The summed E-state index contributed by atoms with van der Waals surface area (Å²) in [6.45, 7) is 0.246. The zero-order valence-electron chi connectivity index (χ0n) is 14.3. The Hall–Kier alpha value is -3.80. The van der Waals surface area contributed by atoms with Gasteiger partial charge in [-0.3, -0.25) is 0 Å². The molecule has 0 spiro atoms.